The summed E-state index contributed by atoms with van der Waals surface area (Å²) in [6, 6.07) is 19.3. The highest BCUT2D eigenvalue weighted by molar-refractivity contribution is 5.88. The zero-order valence-electron chi connectivity index (χ0n) is 15.3. The van der Waals surface area contributed by atoms with Crippen LogP contribution < -0.4 is 0 Å². The molecule has 3 nitrogen and oxygen atoms in total. The van der Waals surface area contributed by atoms with Crippen LogP contribution in [0.3, 0.4) is 0 Å². The van der Waals surface area contributed by atoms with Crippen LogP contribution in [0.4, 0.5) is 8.78 Å². The van der Waals surface area contributed by atoms with Gasteiger partial charge in [0.2, 0.25) is 5.95 Å². The van der Waals surface area contributed by atoms with E-state index in [0.29, 0.717) is 11.1 Å². The molecule has 140 valence electrons. The summed E-state index contributed by atoms with van der Waals surface area (Å²) in [5, 5.41) is 0. The minimum absolute atomic E-state index is 0.331. The van der Waals surface area contributed by atoms with E-state index in [2.05, 4.69) is 9.97 Å². The third-order valence-electron chi connectivity index (χ3n) is 5.25. The molecule has 0 spiro atoms. The van der Waals surface area contributed by atoms with Gasteiger partial charge in [-0.15, -0.1) is 0 Å². The average molecular weight is 383 g/mol. The summed E-state index contributed by atoms with van der Waals surface area (Å²) in [6.45, 7) is 0. The topological polar surface area (TPSA) is 38.1 Å². The predicted octanol–water partition coefficient (Wildman–Crippen LogP) is 5.15. The Kier molecular flexibility index (Phi) is 4.02. The molecule has 0 aliphatic carbocycles. The Hall–Kier alpha value is -3.73. The van der Waals surface area contributed by atoms with Gasteiger partial charge in [0, 0.05) is 35.9 Å². The summed E-state index contributed by atoms with van der Waals surface area (Å²) in [5.74, 6) is -0.869. The number of benzene rings is 2. The van der Waals surface area contributed by atoms with Crippen LogP contribution in [-0.4, -0.2) is 16.2 Å². The number of hydrogen-bond donors (Lipinski definition) is 0. The molecule has 0 fully saturated rings. The van der Waals surface area contributed by atoms with Crippen LogP contribution >= 0.6 is 0 Å². The smallest absolute Gasteiger partial charge is 0.220 e. The number of rotatable bonds is 3. The van der Waals surface area contributed by atoms with Gasteiger partial charge in [-0.2, -0.15) is 4.39 Å². The van der Waals surface area contributed by atoms with Crippen molar-refractivity contribution < 1.29 is 8.78 Å². The lowest BCUT2D eigenvalue weighted by Gasteiger charge is -2.29. The Morgan fingerprint density at radius 3 is 2.45 bits per heavy atom. The molecule has 0 N–H and O–H groups in total. The molecule has 0 bridgehead atoms. The van der Waals surface area contributed by atoms with Crippen molar-refractivity contribution in [3.8, 4) is 11.1 Å². The lowest BCUT2D eigenvalue weighted by atomic mass is 9.77. The van der Waals surface area contributed by atoms with Crippen molar-refractivity contribution >= 4 is 6.21 Å². The highest BCUT2D eigenvalue weighted by Crippen LogP contribution is 2.45. The van der Waals surface area contributed by atoms with Gasteiger partial charge in [-0.1, -0.05) is 24.3 Å². The van der Waals surface area contributed by atoms with E-state index in [-0.39, 0.29) is 5.82 Å². The van der Waals surface area contributed by atoms with Crippen molar-refractivity contribution in [1.29, 1.82) is 0 Å². The Balaban J connectivity index is 1.78. The second-order valence-electron chi connectivity index (χ2n) is 6.86. The SMILES string of the molecule is Fc1ccc2c(c1)C(c1ccncc1)(c1cccc(-c3cccnc3F)c1)N=C2. The number of fused-ring (bicyclic) bond motifs is 1. The van der Waals surface area contributed by atoms with Gasteiger partial charge in [-0.05, 0) is 64.7 Å². The Morgan fingerprint density at radius 2 is 1.62 bits per heavy atom. The first-order valence-corrected chi connectivity index (χ1v) is 9.16. The van der Waals surface area contributed by atoms with Crippen LogP contribution in [0.15, 0.2) is 90.3 Å². The van der Waals surface area contributed by atoms with Crippen molar-refractivity contribution in [3.05, 3.63) is 119 Å². The Morgan fingerprint density at radius 1 is 0.759 bits per heavy atom. The van der Waals surface area contributed by atoms with Crippen LogP contribution in [0.2, 0.25) is 0 Å². The van der Waals surface area contributed by atoms with Crippen LogP contribution in [0.1, 0.15) is 22.3 Å². The fourth-order valence-corrected chi connectivity index (χ4v) is 3.92. The highest BCUT2D eigenvalue weighted by Gasteiger charge is 2.40. The molecule has 29 heavy (non-hydrogen) atoms. The van der Waals surface area contributed by atoms with Crippen LogP contribution in [0, 0.1) is 11.8 Å². The molecule has 5 heteroatoms. The van der Waals surface area contributed by atoms with Crippen LogP contribution in [0.25, 0.3) is 11.1 Å². The largest absolute Gasteiger partial charge is 0.271 e. The molecular formula is C24H15F2N3. The first-order valence-electron chi connectivity index (χ1n) is 9.16. The lowest BCUT2D eigenvalue weighted by molar-refractivity contribution is 0.587. The molecule has 5 rings (SSSR count). The fourth-order valence-electron chi connectivity index (χ4n) is 3.92. The molecule has 3 heterocycles. The Labute approximate surface area is 166 Å². The van der Waals surface area contributed by atoms with E-state index in [1.807, 2.05) is 36.4 Å². The predicted molar refractivity (Wildman–Crippen MR) is 108 cm³/mol. The molecular weight excluding hydrogens is 368 g/mol. The lowest BCUT2D eigenvalue weighted by Crippen LogP contribution is -2.25. The quantitative estimate of drug-likeness (QED) is 0.459. The van der Waals surface area contributed by atoms with Gasteiger partial charge in [-0.3, -0.25) is 9.98 Å². The van der Waals surface area contributed by atoms with E-state index < -0.39 is 11.5 Å². The molecule has 0 saturated heterocycles. The number of aliphatic imine (C=N–C) groups is 1. The summed E-state index contributed by atoms with van der Waals surface area (Å²) in [4.78, 5) is 12.7. The van der Waals surface area contributed by atoms with E-state index >= 15 is 0 Å². The summed E-state index contributed by atoms with van der Waals surface area (Å²) < 4.78 is 28.5. The summed E-state index contributed by atoms with van der Waals surface area (Å²) in [6.07, 6.45) is 6.55. The van der Waals surface area contributed by atoms with Crippen LogP contribution in [0.5, 0.6) is 0 Å². The van der Waals surface area contributed by atoms with E-state index in [1.165, 1.54) is 18.3 Å². The standard InChI is InChI=1S/C24H15F2N3/c25-20-7-6-17-15-29-24(22(17)14-20,18-8-11-27-12-9-18)19-4-1-3-16(13-19)21-5-2-10-28-23(21)26/h1-15H. The zero-order chi connectivity index (χ0) is 19.8. The van der Waals surface area contributed by atoms with Gasteiger partial charge in [0.15, 0.2) is 0 Å². The number of hydrogen-bond acceptors (Lipinski definition) is 3. The first kappa shape index (κ1) is 17.4. The molecule has 0 amide bonds. The molecule has 2 aromatic carbocycles. The van der Waals surface area contributed by atoms with Gasteiger partial charge in [0.05, 0.1) is 0 Å². The van der Waals surface area contributed by atoms with E-state index in [9.17, 15) is 8.78 Å². The number of pyridine rings is 2. The molecule has 1 atom stereocenters. The summed E-state index contributed by atoms with van der Waals surface area (Å²) in [7, 11) is 0. The maximum Gasteiger partial charge on any atom is 0.220 e. The van der Waals surface area contributed by atoms with Crippen molar-refractivity contribution in [1.82, 2.24) is 9.97 Å². The minimum Gasteiger partial charge on any atom is -0.271 e. The van der Waals surface area contributed by atoms with Crippen molar-refractivity contribution in [2.75, 3.05) is 0 Å². The second-order valence-corrected chi connectivity index (χ2v) is 6.86. The minimum atomic E-state index is -0.935. The maximum atomic E-state index is 14.3. The highest BCUT2D eigenvalue weighted by atomic mass is 19.1. The van der Waals surface area contributed by atoms with Crippen molar-refractivity contribution in [2.24, 2.45) is 4.99 Å². The van der Waals surface area contributed by atoms with Crippen molar-refractivity contribution in [3.63, 3.8) is 0 Å². The van der Waals surface area contributed by atoms with Gasteiger partial charge in [0.25, 0.3) is 0 Å². The number of halogens is 2. The molecule has 1 unspecified atom stereocenters. The number of nitrogens with zero attached hydrogens (tertiary/aromatic N) is 3. The third kappa shape index (κ3) is 2.74. The number of aromatic nitrogens is 2. The first-order chi connectivity index (χ1) is 14.2. The van der Waals surface area contributed by atoms with Gasteiger partial charge in [0.1, 0.15) is 11.4 Å². The van der Waals surface area contributed by atoms with E-state index in [0.717, 1.165) is 22.3 Å². The molecule has 2 aromatic heterocycles. The monoisotopic (exact) mass is 383 g/mol. The molecule has 1 aliphatic heterocycles. The van der Waals surface area contributed by atoms with Crippen LogP contribution in [-0.2, 0) is 5.54 Å². The van der Waals surface area contributed by atoms with Crippen molar-refractivity contribution in [2.45, 2.75) is 5.54 Å². The molecule has 0 saturated carbocycles. The van der Waals surface area contributed by atoms with E-state index in [1.54, 1.807) is 36.8 Å². The van der Waals surface area contributed by atoms with E-state index in [4.69, 9.17) is 4.99 Å². The van der Waals surface area contributed by atoms with Gasteiger partial charge in [-0.25, -0.2) is 9.37 Å². The molecule has 0 radical (unpaired) electrons. The van der Waals surface area contributed by atoms with Gasteiger partial charge < -0.3 is 0 Å². The molecule has 1 aliphatic rings. The normalized spacial score (nSPS) is 17.3. The molecule has 4 aromatic rings. The zero-order valence-corrected chi connectivity index (χ0v) is 15.3. The second kappa shape index (κ2) is 6.71. The fraction of sp³-hybridized carbons (Fsp3) is 0.0417. The summed E-state index contributed by atoms with van der Waals surface area (Å²) >= 11 is 0. The van der Waals surface area contributed by atoms with Gasteiger partial charge >= 0.3 is 0 Å². The average Bonchev–Trinajstić information content (AvgIpc) is 3.14. The summed E-state index contributed by atoms with van der Waals surface area (Å²) in [5.41, 5.74) is 3.41. The third-order valence-corrected chi connectivity index (χ3v) is 5.25. The Bertz CT molecular complexity index is 1240. The maximum absolute atomic E-state index is 14.3.